The van der Waals surface area contributed by atoms with Crippen molar-refractivity contribution in [1.29, 1.82) is 0 Å². The molecular weight excluding hydrogens is 308 g/mol. The van der Waals surface area contributed by atoms with Gasteiger partial charge >= 0.3 is 0 Å². The number of anilines is 2. The van der Waals surface area contributed by atoms with Crippen LogP contribution in [0.2, 0.25) is 0 Å². The third-order valence-electron chi connectivity index (χ3n) is 5.13. The monoisotopic (exact) mass is 338 g/mol. The van der Waals surface area contributed by atoms with Crippen molar-refractivity contribution in [2.24, 2.45) is 0 Å². The summed E-state index contributed by atoms with van der Waals surface area (Å²) in [6.45, 7) is 13.0. The van der Waals surface area contributed by atoms with Gasteiger partial charge in [-0.15, -0.1) is 0 Å². The molecule has 1 N–H and O–H groups in total. The molecule has 0 saturated heterocycles. The molecule has 0 amide bonds. The van der Waals surface area contributed by atoms with Crippen LogP contribution >= 0.6 is 0 Å². The number of hydrogen-bond donors (Lipinski definition) is 1. The minimum Gasteiger partial charge on any atom is -0.352 e. The van der Waals surface area contributed by atoms with Gasteiger partial charge in [0.2, 0.25) is 5.95 Å². The molecule has 3 rings (SSSR count). The van der Waals surface area contributed by atoms with Crippen molar-refractivity contribution in [3.05, 3.63) is 47.2 Å². The van der Waals surface area contributed by atoms with E-state index in [0.29, 0.717) is 6.04 Å². The van der Waals surface area contributed by atoms with E-state index < -0.39 is 0 Å². The molecule has 1 aliphatic heterocycles. The molecule has 1 aromatic carbocycles. The van der Waals surface area contributed by atoms with E-state index in [1.807, 2.05) is 0 Å². The van der Waals surface area contributed by atoms with Crippen LogP contribution in [0.15, 0.2) is 30.3 Å². The lowest BCUT2D eigenvalue weighted by molar-refractivity contribution is 0.474. The van der Waals surface area contributed by atoms with Gasteiger partial charge in [0.25, 0.3) is 0 Å². The number of nitrogens with one attached hydrogen (secondary N) is 1. The number of nitrogens with zero attached hydrogens (tertiary/aromatic N) is 3. The van der Waals surface area contributed by atoms with Crippen molar-refractivity contribution in [2.45, 2.75) is 65.5 Å². The molecule has 134 valence electrons. The fraction of sp³-hybridized carbons (Fsp3) is 0.524. The second-order valence-electron chi connectivity index (χ2n) is 7.75. The van der Waals surface area contributed by atoms with Crippen LogP contribution in [-0.4, -0.2) is 22.6 Å². The summed E-state index contributed by atoms with van der Waals surface area (Å²) in [7, 11) is 0. The summed E-state index contributed by atoms with van der Waals surface area (Å²) < 4.78 is 0. The molecule has 2 heterocycles. The van der Waals surface area contributed by atoms with Crippen molar-refractivity contribution in [3.8, 4) is 0 Å². The topological polar surface area (TPSA) is 41.1 Å². The number of rotatable bonds is 5. The first-order chi connectivity index (χ1) is 11.9. The summed E-state index contributed by atoms with van der Waals surface area (Å²) in [5.74, 6) is 1.78. The van der Waals surface area contributed by atoms with E-state index >= 15 is 0 Å². The maximum atomic E-state index is 4.84. The van der Waals surface area contributed by atoms with Gasteiger partial charge in [-0.25, -0.2) is 4.98 Å². The summed E-state index contributed by atoms with van der Waals surface area (Å²) in [5, 5.41) is 3.44. The minimum absolute atomic E-state index is 0.108. The smallest absolute Gasteiger partial charge is 0.225 e. The van der Waals surface area contributed by atoms with E-state index in [-0.39, 0.29) is 5.41 Å². The van der Waals surface area contributed by atoms with Gasteiger partial charge in [0.05, 0.1) is 0 Å². The van der Waals surface area contributed by atoms with Gasteiger partial charge in [0.15, 0.2) is 0 Å². The molecule has 1 aromatic heterocycles. The Hall–Kier alpha value is -2.10. The van der Waals surface area contributed by atoms with Gasteiger partial charge in [-0.1, -0.05) is 52.0 Å². The third-order valence-corrected chi connectivity index (χ3v) is 5.13. The SMILES string of the molecule is CCc1cc(N2Cc3ccccc3C(C)(C)C2)nc(N[C@H](C)CC)n1. The Morgan fingerprint density at radius 1 is 1.20 bits per heavy atom. The Morgan fingerprint density at radius 2 is 1.96 bits per heavy atom. The third kappa shape index (κ3) is 3.78. The molecule has 0 aliphatic carbocycles. The largest absolute Gasteiger partial charge is 0.352 e. The van der Waals surface area contributed by atoms with Crippen LogP contribution in [-0.2, 0) is 18.4 Å². The molecule has 25 heavy (non-hydrogen) atoms. The minimum atomic E-state index is 0.108. The zero-order valence-corrected chi connectivity index (χ0v) is 16.1. The van der Waals surface area contributed by atoms with Gasteiger partial charge in [0.1, 0.15) is 5.82 Å². The van der Waals surface area contributed by atoms with Crippen LogP contribution in [0.1, 0.15) is 57.9 Å². The summed E-state index contributed by atoms with van der Waals surface area (Å²) in [6.07, 6.45) is 1.97. The van der Waals surface area contributed by atoms with E-state index in [0.717, 1.165) is 43.4 Å². The lowest BCUT2D eigenvalue weighted by Crippen LogP contribution is -2.42. The molecule has 4 heteroatoms. The Labute approximate surface area is 151 Å². The van der Waals surface area contributed by atoms with E-state index in [1.165, 1.54) is 11.1 Å². The van der Waals surface area contributed by atoms with Crippen LogP contribution in [0, 0.1) is 0 Å². The molecule has 0 spiro atoms. The van der Waals surface area contributed by atoms with Crippen molar-refractivity contribution in [3.63, 3.8) is 0 Å². The standard InChI is InChI=1S/C21H30N4/c1-6-15(3)22-20-23-17(7-2)12-19(24-20)25-13-16-10-8-9-11-18(16)21(4,5)14-25/h8-12,15H,6-7,13-14H2,1-5H3,(H,22,23,24)/t15-/m1/s1. The molecule has 0 saturated carbocycles. The first-order valence-electron chi connectivity index (χ1n) is 9.40. The Bertz CT molecular complexity index is 738. The van der Waals surface area contributed by atoms with E-state index in [1.54, 1.807) is 0 Å². The normalized spacial score (nSPS) is 17.1. The lowest BCUT2D eigenvalue weighted by atomic mass is 9.78. The van der Waals surface area contributed by atoms with Gasteiger partial charge < -0.3 is 10.2 Å². The van der Waals surface area contributed by atoms with Gasteiger partial charge in [-0.05, 0) is 30.9 Å². The molecular formula is C21H30N4. The second-order valence-corrected chi connectivity index (χ2v) is 7.75. The Kier molecular flexibility index (Phi) is 4.98. The molecule has 0 radical (unpaired) electrons. The van der Waals surface area contributed by atoms with Crippen LogP contribution in [0.25, 0.3) is 0 Å². The van der Waals surface area contributed by atoms with Crippen molar-refractivity contribution in [1.82, 2.24) is 9.97 Å². The fourth-order valence-electron chi connectivity index (χ4n) is 3.52. The van der Waals surface area contributed by atoms with E-state index in [4.69, 9.17) is 4.98 Å². The number of benzene rings is 1. The zero-order valence-electron chi connectivity index (χ0n) is 16.1. The number of aromatic nitrogens is 2. The number of hydrogen-bond acceptors (Lipinski definition) is 4. The molecule has 0 bridgehead atoms. The van der Waals surface area contributed by atoms with Gasteiger partial charge in [-0.2, -0.15) is 4.98 Å². The highest BCUT2D eigenvalue weighted by Crippen LogP contribution is 2.35. The fourth-order valence-corrected chi connectivity index (χ4v) is 3.52. The summed E-state index contributed by atoms with van der Waals surface area (Å²) in [4.78, 5) is 11.9. The molecule has 1 aliphatic rings. The summed E-state index contributed by atoms with van der Waals surface area (Å²) in [6, 6.07) is 11.3. The maximum absolute atomic E-state index is 4.84. The van der Waals surface area contributed by atoms with Crippen molar-refractivity contribution < 1.29 is 0 Å². The van der Waals surface area contributed by atoms with Gasteiger partial charge in [0, 0.05) is 36.3 Å². The molecule has 0 unspecified atom stereocenters. The highest BCUT2D eigenvalue weighted by atomic mass is 15.2. The molecule has 4 nitrogen and oxygen atoms in total. The Morgan fingerprint density at radius 3 is 2.68 bits per heavy atom. The summed E-state index contributed by atoms with van der Waals surface area (Å²) >= 11 is 0. The van der Waals surface area contributed by atoms with Crippen molar-refractivity contribution >= 4 is 11.8 Å². The lowest BCUT2D eigenvalue weighted by Gasteiger charge is -2.40. The Balaban J connectivity index is 1.95. The van der Waals surface area contributed by atoms with E-state index in [9.17, 15) is 0 Å². The zero-order chi connectivity index (χ0) is 18.0. The first kappa shape index (κ1) is 17.7. The predicted molar refractivity (Wildman–Crippen MR) is 105 cm³/mol. The first-order valence-corrected chi connectivity index (χ1v) is 9.40. The number of aryl methyl sites for hydroxylation is 1. The van der Waals surface area contributed by atoms with Crippen molar-refractivity contribution in [2.75, 3.05) is 16.8 Å². The average Bonchev–Trinajstić information content (AvgIpc) is 2.60. The highest BCUT2D eigenvalue weighted by Gasteiger charge is 2.32. The van der Waals surface area contributed by atoms with Crippen LogP contribution < -0.4 is 10.2 Å². The quantitative estimate of drug-likeness (QED) is 0.868. The molecule has 0 fully saturated rings. The average molecular weight is 338 g/mol. The van der Waals surface area contributed by atoms with E-state index in [2.05, 4.69) is 80.2 Å². The highest BCUT2D eigenvalue weighted by molar-refractivity contribution is 5.50. The van der Waals surface area contributed by atoms with Gasteiger partial charge in [-0.3, -0.25) is 0 Å². The molecule has 2 aromatic rings. The van der Waals surface area contributed by atoms with Crippen LogP contribution in [0.4, 0.5) is 11.8 Å². The van der Waals surface area contributed by atoms with Crippen LogP contribution in [0.3, 0.4) is 0 Å². The molecule has 1 atom stereocenters. The predicted octanol–water partition coefficient (Wildman–Crippen LogP) is 4.55. The summed E-state index contributed by atoms with van der Waals surface area (Å²) in [5.41, 5.74) is 4.05. The van der Waals surface area contributed by atoms with Crippen LogP contribution in [0.5, 0.6) is 0 Å². The second kappa shape index (κ2) is 7.03. The number of fused-ring (bicyclic) bond motifs is 1. The maximum Gasteiger partial charge on any atom is 0.225 e.